The number of esters is 1. The maximum Gasteiger partial charge on any atom is 0.339 e. The van der Waals surface area contributed by atoms with Crippen LogP contribution in [0, 0.1) is 6.92 Å². The smallest absolute Gasteiger partial charge is 0.339 e. The van der Waals surface area contributed by atoms with Crippen LogP contribution in [0.2, 0.25) is 5.02 Å². The molecule has 0 radical (unpaired) electrons. The van der Waals surface area contributed by atoms with Gasteiger partial charge in [0.05, 0.1) is 29.1 Å². The number of para-hydroxylation sites is 1. The van der Waals surface area contributed by atoms with Crippen molar-refractivity contribution >= 4 is 35.0 Å². The summed E-state index contributed by atoms with van der Waals surface area (Å²) in [5.74, 6) is -0.520. The molecule has 2 aromatic carbocycles. The second-order valence-electron chi connectivity index (χ2n) is 4.60. The number of methoxy groups -OCH3 is 1. The summed E-state index contributed by atoms with van der Waals surface area (Å²) in [7, 11) is 1.29. The van der Waals surface area contributed by atoms with Crippen LogP contribution in [0.5, 0.6) is 0 Å². The van der Waals surface area contributed by atoms with Crippen LogP contribution in [0.15, 0.2) is 42.5 Å². The molecular weight excluding hydrogens is 304 g/mol. The molecule has 0 saturated heterocycles. The topological polar surface area (TPSA) is 67.4 Å². The van der Waals surface area contributed by atoms with Gasteiger partial charge in [-0.1, -0.05) is 29.8 Å². The summed E-state index contributed by atoms with van der Waals surface area (Å²) < 4.78 is 4.70. The Morgan fingerprint density at radius 1 is 1.05 bits per heavy atom. The Morgan fingerprint density at radius 2 is 1.73 bits per heavy atom. The zero-order chi connectivity index (χ0) is 16.1. The zero-order valence-corrected chi connectivity index (χ0v) is 12.9. The zero-order valence-electron chi connectivity index (χ0n) is 12.1. The van der Waals surface area contributed by atoms with Crippen LogP contribution >= 0.6 is 11.6 Å². The molecule has 0 saturated carbocycles. The maximum atomic E-state index is 12.1. The highest BCUT2D eigenvalue weighted by Gasteiger charge is 2.14. The highest BCUT2D eigenvalue weighted by Crippen LogP contribution is 2.22. The van der Waals surface area contributed by atoms with Gasteiger partial charge in [-0.15, -0.1) is 0 Å². The molecule has 0 spiro atoms. The number of ether oxygens (including phenoxy) is 1. The van der Waals surface area contributed by atoms with Gasteiger partial charge < -0.3 is 15.4 Å². The van der Waals surface area contributed by atoms with Gasteiger partial charge in [-0.3, -0.25) is 0 Å². The summed E-state index contributed by atoms with van der Waals surface area (Å²) in [4.78, 5) is 23.8. The Balaban J connectivity index is 2.19. The van der Waals surface area contributed by atoms with Crippen molar-refractivity contribution in [2.75, 3.05) is 17.7 Å². The van der Waals surface area contributed by atoms with Gasteiger partial charge in [-0.2, -0.15) is 0 Å². The molecule has 0 atom stereocenters. The van der Waals surface area contributed by atoms with Crippen LogP contribution in [0.3, 0.4) is 0 Å². The number of amides is 2. The van der Waals surface area contributed by atoms with Crippen LogP contribution in [-0.4, -0.2) is 19.1 Å². The molecular formula is C16H15ClN2O3. The predicted octanol–water partition coefficient (Wildman–Crippen LogP) is 4.08. The van der Waals surface area contributed by atoms with Crippen molar-refractivity contribution in [3.8, 4) is 0 Å². The van der Waals surface area contributed by atoms with Gasteiger partial charge in [0.1, 0.15) is 0 Å². The largest absolute Gasteiger partial charge is 0.465 e. The van der Waals surface area contributed by atoms with Crippen molar-refractivity contribution in [2.24, 2.45) is 0 Å². The second kappa shape index (κ2) is 6.95. The van der Waals surface area contributed by atoms with Gasteiger partial charge in [-0.05, 0) is 36.8 Å². The number of aryl methyl sites for hydroxylation is 1. The Kier molecular flexibility index (Phi) is 5.01. The van der Waals surface area contributed by atoms with Crippen LogP contribution in [0.4, 0.5) is 16.2 Å². The number of anilines is 2. The molecule has 5 nitrogen and oxygen atoms in total. The van der Waals surface area contributed by atoms with E-state index in [1.54, 1.807) is 42.5 Å². The van der Waals surface area contributed by atoms with Crippen molar-refractivity contribution in [2.45, 2.75) is 6.92 Å². The van der Waals surface area contributed by atoms with E-state index in [1.807, 2.05) is 6.92 Å². The van der Waals surface area contributed by atoms with Crippen molar-refractivity contribution in [1.82, 2.24) is 0 Å². The van der Waals surface area contributed by atoms with Crippen molar-refractivity contribution in [1.29, 1.82) is 0 Å². The van der Waals surface area contributed by atoms with Gasteiger partial charge in [0, 0.05) is 0 Å². The minimum absolute atomic E-state index is 0.280. The van der Waals surface area contributed by atoms with E-state index >= 15 is 0 Å². The molecule has 0 aromatic heterocycles. The molecule has 2 N–H and O–H groups in total. The van der Waals surface area contributed by atoms with E-state index in [2.05, 4.69) is 10.6 Å². The van der Waals surface area contributed by atoms with E-state index in [4.69, 9.17) is 16.3 Å². The number of hydrogen-bond donors (Lipinski definition) is 2. The lowest BCUT2D eigenvalue weighted by molar-refractivity contribution is 0.0602. The molecule has 0 aliphatic carbocycles. The number of urea groups is 1. The Morgan fingerprint density at radius 3 is 2.41 bits per heavy atom. The molecule has 6 heteroatoms. The van der Waals surface area contributed by atoms with E-state index in [1.165, 1.54) is 7.11 Å². The van der Waals surface area contributed by atoms with Crippen molar-refractivity contribution in [3.63, 3.8) is 0 Å². The quantitative estimate of drug-likeness (QED) is 0.838. The van der Waals surface area contributed by atoms with E-state index in [-0.39, 0.29) is 5.56 Å². The number of carbonyl (C=O) groups excluding carboxylic acids is 2. The fourth-order valence-corrected chi connectivity index (χ4v) is 2.07. The third kappa shape index (κ3) is 3.77. The van der Waals surface area contributed by atoms with Gasteiger partial charge in [0.15, 0.2) is 0 Å². The predicted molar refractivity (Wildman–Crippen MR) is 86.6 cm³/mol. The van der Waals surface area contributed by atoms with Crippen molar-refractivity contribution in [3.05, 3.63) is 58.6 Å². The average molecular weight is 319 g/mol. The standard InChI is InChI=1S/C16H15ClN2O3/c1-10-7-8-11(15(20)22-2)14(9-10)19-16(21)18-13-6-4-3-5-12(13)17/h3-9H,1-2H3,(H2,18,19,21). The summed E-state index contributed by atoms with van der Waals surface area (Å²) in [6.45, 7) is 1.86. The molecule has 2 amide bonds. The summed E-state index contributed by atoms with van der Waals surface area (Å²) in [5.41, 5.74) is 2.04. The Labute approximate surface area is 133 Å². The Bertz CT molecular complexity index is 716. The molecule has 0 unspecified atom stereocenters. The normalized spacial score (nSPS) is 9.95. The second-order valence-corrected chi connectivity index (χ2v) is 5.01. The summed E-state index contributed by atoms with van der Waals surface area (Å²) in [6.07, 6.45) is 0. The van der Waals surface area contributed by atoms with Gasteiger partial charge in [0.25, 0.3) is 0 Å². The number of hydrogen-bond acceptors (Lipinski definition) is 3. The van der Waals surface area contributed by atoms with Crippen LogP contribution < -0.4 is 10.6 Å². The SMILES string of the molecule is COC(=O)c1ccc(C)cc1NC(=O)Nc1ccccc1Cl. The molecule has 0 heterocycles. The molecule has 0 fully saturated rings. The fraction of sp³-hybridized carbons (Fsp3) is 0.125. The summed E-state index contributed by atoms with van der Waals surface area (Å²) >= 11 is 5.98. The van der Waals surface area contributed by atoms with E-state index < -0.39 is 12.0 Å². The first-order valence-corrected chi connectivity index (χ1v) is 6.90. The number of carbonyl (C=O) groups is 2. The molecule has 2 aromatic rings. The number of benzene rings is 2. The van der Waals surface area contributed by atoms with Crippen LogP contribution in [-0.2, 0) is 4.74 Å². The first-order valence-electron chi connectivity index (χ1n) is 6.52. The fourth-order valence-electron chi connectivity index (χ4n) is 1.89. The van der Waals surface area contributed by atoms with Gasteiger partial charge in [0.2, 0.25) is 0 Å². The molecule has 0 aliphatic rings. The molecule has 0 bridgehead atoms. The lowest BCUT2D eigenvalue weighted by Gasteiger charge is -2.12. The third-order valence-corrected chi connectivity index (χ3v) is 3.28. The first kappa shape index (κ1) is 15.9. The lowest BCUT2D eigenvalue weighted by Crippen LogP contribution is -2.21. The maximum absolute atomic E-state index is 12.1. The molecule has 114 valence electrons. The molecule has 2 rings (SSSR count). The number of halogens is 1. The first-order chi connectivity index (χ1) is 10.5. The van der Waals surface area contributed by atoms with E-state index in [0.717, 1.165) is 5.56 Å². The van der Waals surface area contributed by atoms with Crippen LogP contribution in [0.25, 0.3) is 0 Å². The molecule has 22 heavy (non-hydrogen) atoms. The number of nitrogens with one attached hydrogen (secondary N) is 2. The van der Waals surface area contributed by atoms with Gasteiger partial charge in [-0.25, -0.2) is 9.59 Å². The van der Waals surface area contributed by atoms with Crippen LogP contribution in [0.1, 0.15) is 15.9 Å². The van der Waals surface area contributed by atoms with Crippen molar-refractivity contribution < 1.29 is 14.3 Å². The lowest BCUT2D eigenvalue weighted by atomic mass is 10.1. The highest BCUT2D eigenvalue weighted by molar-refractivity contribution is 6.33. The monoisotopic (exact) mass is 318 g/mol. The third-order valence-electron chi connectivity index (χ3n) is 2.95. The van der Waals surface area contributed by atoms with E-state index in [0.29, 0.717) is 16.4 Å². The Hall–Kier alpha value is -2.53. The minimum Gasteiger partial charge on any atom is -0.465 e. The highest BCUT2D eigenvalue weighted by atomic mass is 35.5. The number of rotatable bonds is 3. The summed E-state index contributed by atoms with van der Waals surface area (Å²) in [5, 5.41) is 5.69. The summed E-state index contributed by atoms with van der Waals surface area (Å²) in [6, 6.07) is 11.4. The van der Waals surface area contributed by atoms with E-state index in [9.17, 15) is 9.59 Å². The minimum atomic E-state index is -0.520. The van der Waals surface area contributed by atoms with Gasteiger partial charge >= 0.3 is 12.0 Å². The average Bonchev–Trinajstić information content (AvgIpc) is 2.49. The molecule has 0 aliphatic heterocycles.